The van der Waals surface area contributed by atoms with E-state index in [2.05, 4.69) is 0 Å². The van der Waals surface area contributed by atoms with Crippen LogP contribution >= 0.6 is 0 Å². The molecule has 1 rings (SSSR count). The normalized spacial score (nSPS) is 16.3. The molecule has 1 aromatic carbocycles. The summed E-state index contributed by atoms with van der Waals surface area (Å²) < 4.78 is 5.62. The van der Waals surface area contributed by atoms with E-state index in [-0.39, 0.29) is 5.78 Å². The number of rotatable bonds is 8. The van der Waals surface area contributed by atoms with Crippen LogP contribution in [0.4, 0.5) is 0 Å². The molecule has 1 aromatic rings. The van der Waals surface area contributed by atoms with Gasteiger partial charge in [-0.15, -0.1) is 0 Å². The summed E-state index contributed by atoms with van der Waals surface area (Å²) in [4.78, 5) is 12.3. The molecule has 0 aliphatic carbocycles. The Morgan fingerprint density at radius 2 is 1.90 bits per heavy atom. The number of ketones is 1. The molecular formula is C18H26O3. The molecule has 0 amide bonds. The first-order valence-electron chi connectivity index (χ1n) is 7.51. The molecule has 0 unspecified atom stereocenters. The lowest BCUT2D eigenvalue weighted by Gasteiger charge is -2.22. The molecule has 0 saturated heterocycles. The molecule has 0 saturated carbocycles. The van der Waals surface area contributed by atoms with Crippen LogP contribution in [0.3, 0.4) is 0 Å². The second kappa shape index (κ2) is 8.75. The van der Waals surface area contributed by atoms with E-state index in [4.69, 9.17) is 4.74 Å². The van der Waals surface area contributed by atoms with Gasteiger partial charge in [-0.05, 0) is 31.4 Å². The zero-order valence-corrected chi connectivity index (χ0v) is 13.4. The van der Waals surface area contributed by atoms with E-state index in [1.165, 1.54) is 0 Å². The predicted molar refractivity (Wildman–Crippen MR) is 84.9 cm³/mol. The van der Waals surface area contributed by atoms with E-state index < -0.39 is 18.1 Å². The molecule has 0 heterocycles. The number of benzene rings is 1. The Hall–Kier alpha value is -1.45. The van der Waals surface area contributed by atoms with Crippen LogP contribution in [0, 0.1) is 5.92 Å². The first-order valence-corrected chi connectivity index (χ1v) is 7.51. The molecule has 1 N–H and O–H groups in total. The molecule has 3 heteroatoms. The lowest BCUT2D eigenvalue weighted by Crippen LogP contribution is -2.34. The van der Waals surface area contributed by atoms with Crippen molar-refractivity contribution in [3.05, 3.63) is 47.5 Å². The van der Waals surface area contributed by atoms with E-state index in [1.807, 2.05) is 50.3 Å². The Bertz CT molecular complexity index is 465. The minimum absolute atomic E-state index is 0.0673. The van der Waals surface area contributed by atoms with E-state index >= 15 is 0 Å². The molecule has 0 aromatic heterocycles. The van der Waals surface area contributed by atoms with Gasteiger partial charge in [0.05, 0.1) is 12.7 Å². The number of hydrogen-bond acceptors (Lipinski definition) is 3. The number of carbonyl (C=O) groups is 1. The van der Waals surface area contributed by atoms with Gasteiger partial charge in [0.1, 0.15) is 6.10 Å². The van der Waals surface area contributed by atoms with Gasteiger partial charge in [-0.25, -0.2) is 0 Å². The number of hydrogen-bond donors (Lipinski definition) is 1. The molecule has 0 spiro atoms. The summed E-state index contributed by atoms with van der Waals surface area (Å²) in [5, 5.41) is 10.2. The Labute approximate surface area is 127 Å². The summed E-state index contributed by atoms with van der Waals surface area (Å²) in [6.45, 7) is 7.76. The van der Waals surface area contributed by atoms with E-state index in [9.17, 15) is 9.90 Å². The monoisotopic (exact) mass is 290 g/mol. The van der Waals surface area contributed by atoms with Crippen molar-refractivity contribution in [3.8, 4) is 0 Å². The average molecular weight is 290 g/mol. The summed E-state index contributed by atoms with van der Waals surface area (Å²) in [5.41, 5.74) is 1.88. The Kier molecular flexibility index (Phi) is 7.34. The first-order chi connectivity index (χ1) is 9.97. The second-order valence-electron chi connectivity index (χ2n) is 5.43. The zero-order chi connectivity index (χ0) is 15.8. The summed E-state index contributed by atoms with van der Waals surface area (Å²) in [5.74, 6) is -0.527. The molecule has 0 aliphatic rings. The molecule has 116 valence electrons. The van der Waals surface area contributed by atoms with Crippen LogP contribution in [-0.2, 0) is 16.1 Å². The van der Waals surface area contributed by atoms with Crippen molar-refractivity contribution in [2.75, 3.05) is 0 Å². The van der Waals surface area contributed by atoms with Crippen LogP contribution < -0.4 is 0 Å². The number of carbonyl (C=O) groups excluding carboxylic acids is 1. The fourth-order valence-corrected chi connectivity index (χ4v) is 2.24. The number of allylic oxidation sites excluding steroid dienone is 1. The topological polar surface area (TPSA) is 46.5 Å². The van der Waals surface area contributed by atoms with Crippen molar-refractivity contribution >= 4 is 5.78 Å². The van der Waals surface area contributed by atoms with Gasteiger partial charge >= 0.3 is 0 Å². The molecule has 0 fully saturated rings. The van der Waals surface area contributed by atoms with Gasteiger partial charge in [0.15, 0.2) is 5.78 Å². The fourth-order valence-electron chi connectivity index (χ4n) is 2.24. The van der Waals surface area contributed by atoms with Crippen molar-refractivity contribution in [3.63, 3.8) is 0 Å². The van der Waals surface area contributed by atoms with Gasteiger partial charge < -0.3 is 9.84 Å². The van der Waals surface area contributed by atoms with Crippen molar-refractivity contribution in [2.45, 2.75) is 52.9 Å². The van der Waals surface area contributed by atoms with Gasteiger partial charge in [-0.3, -0.25) is 4.79 Å². The quantitative estimate of drug-likeness (QED) is 0.745. The summed E-state index contributed by atoms with van der Waals surface area (Å²) >= 11 is 0. The Morgan fingerprint density at radius 3 is 2.48 bits per heavy atom. The Balaban J connectivity index is 2.55. The molecule has 3 atom stereocenters. The third kappa shape index (κ3) is 5.44. The van der Waals surface area contributed by atoms with Crippen LogP contribution in [-0.4, -0.2) is 23.1 Å². The minimum Gasteiger partial charge on any atom is -0.388 e. The lowest BCUT2D eigenvalue weighted by atomic mass is 9.91. The van der Waals surface area contributed by atoms with Crippen LogP contribution in [0.15, 0.2) is 42.0 Å². The highest BCUT2D eigenvalue weighted by Crippen LogP contribution is 2.17. The number of Topliss-reactive ketones (excluding diaryl/α,β-unsaturated/α-hetero) is 1. The predicted octanol–water partition coefficient (Wildman–Crippen LogP) is 3.51. The maximum absolute atomic E-state index is 12.3. The molecular weight excluding hydrogens is 264 g/mol. The van der Waals surface area contributed by atoms with Crippen molar-refractivity contribution < 1.29 is 14.6 Å². The minimum atomic E-state index is -0.736. The second-order valence-corrected chi connectivity index (χ2v) is 5.43. The molecule has 3 nitrogen and oxygen atoms in total. The van der Waals surface area contributed by atoms with Gasteiger partial charge in [0.25, 0.3) is 0 Å². The van der Waals surface area contributed by atoms with Gasteiger partial charge in [-0.1, -0.05) is 50.3 Å². The average Bonchev–Trinajstić information content (AvgIpc) is 2.51. The summed E-state index contributed by atoms with van der Waals surface area (Å²) in [7, 11) is 0. The largest absolute Gasteiger partial charge is 0.388 e. The summed E-state index contributed by atoms with van der Waals surface area (Å²) in [6, 6.07) is 9.75. The van der Waals surface area contributed by atoms with Crippen LogP contribution in [0.2, 0.25) is 0 Å². The van der Waals surface area contributed by atoms with E-state index in [0.29, 0.717) is 6.61 Å². The highest BCUT2D eigenvalue weighted by molar-refractivity contribution is 5.85. The third-order valence-electron chi connectivity index (χ3n) is 3.66. The number of ether oxygens (including phenoxy) is 1. The first kappa shape index (κ1) is 17.6. The molecule has 0 aliphatic heterocycles. The van der Waals surface area contributed by atoms with Crippen LogP contribution in [0.5, 0.6) is 0 Å². The molecule has 0 radical (unpaired) electrons. The fraction of sp³-hybridized carbons (Fsp3) is 0.500. The lowest BCUT2D eigenvalue weighted by molar-refractivity contribution is -0.136. The van der Waals surface area contributed by atoms with E-state index in [1.54, 1.807) is 13.8 Å². The number of aliphatic hydroxyl groups is 1. The van der Waals surface area contributed by atoms with E-state index in [0.717, 1.165) is 17.6 Å². The highest BCUT2D eigenvalue weighted by Gasteiger charge is 2.27. The molecule has 21 heavy (non-hydrogen) atoms. The smallest absolute Gasteiger partial charge is 0.166 e. The Morgan fingerprint density at radius 1 is 1.29 bits per heavy atom. The molecule has 0 bridgehead atoms. The van der Waals surface area contributed by atoms with Crippen LogP contribution in [0.25, 0.3) is 0 Å². The van der Waals surface area contributed by atoms with Crippen molar-refractivity contribution in [1.29, 1.82) is 0 Å². The van der Waals surface area contributed by atoms with Gasteiger partial charge in [-0.2, -0.15) is 0 Å². The summed E-state index contributed by atoms with van der Waals surface area (Å²) in [6.07, 6.45) is 1.54. The maximum atomic E-state index is 12.3. The van der Waals surface area contributed by atoms with Crippen molar-refractivity contribution in [1.82, 2.24) is 0 Å². The zero-order valence-electron chi connectivity index (χ0n) is 13.4. The SMILES string of the molecule is CC/C=C(\C)[C@@H](O)[C@H](C)C(=O)[C@@H](C)OCc1ccccc1. The number of aliphatic hydroxyl groups excluding tert-OH is 1. The van der Waals surface area contributed by atoms with Crippen molar-refractivity contribution in [2.24, 2.45) is 5.92 Å². The van der Waals surface area contributed by atoms with Gasteiger partial charge in [0, 0.05) is 5.92 Å². The van der Waals surface area contributed by atoms with Gasteiger partial charge in [0.2, 0.25) is 0 Å². The third-order valence-corrected chi connectivity index (χ3v) is 3.66. The maximum Gasteiger partial charge on any atom is 0.166 e. The standard InChI is InChI=1S/C18H26O3/c1-5-9-13(2)17(19)14(3)18(20)15(4)21-12-16-10-7-6-8-11-16/h6-11,14-15,17,19H,5,12H2,1-4H3/b13-9+/t14-,15+,17+/m0/s1. The highest BCUT2D eigenvalue weighted by atomic mass is 16.5. The van der Waals surface area contributed by atoms with Crippen LogP contribution in [0.1, 0.15) is 39.7 Å².